The van der Waals surface area contributed by atoms with Crippen LogP contribution in [0.1, 0.15) is 50.6 Å². The molecule has 0 unspecified atom stereocenters. The van der Waals surface area contributed by atoms with E-state index < -0.39 is 0 Å². The molecule has 1 aliphatic carbocycles. The van der Waals surface area contributed by atoms with Gasteiger partial charge in [0.15, 0.2) is 5.82 Å². The molecule has 1 aromatic rings. The number of nitrogens with two attached hydrogens (primary N) is 1. The maximum absolute atomic E-state index is 5.66. The Bertz CT molecular complexity index is 400. The fourth-order valence-electron chi connectivity index (χ4n) is 2.42. The number of nitrogens with one attached hydrogen (secondary N) is 1. The van der Waals surface area contributed by atoms with Crippen molar-refractivity contribution in [1.82, 2.24) is 9.97 Å². The van der Waals surface area contributed by atoms with Crippen LogP contribution in [0.2, 0.25) is 0 Å². The second-order valence-electron chi connectivity index (χ2n) is 4.80. The third-order valence-electron chi connectivity index (χ3n) is 3.38. The minimum absolute atomic E-state index is 0.302. The van der Waals surface area contributed by atoms with Gasteiger partial charge in [0.2, 0.25) is 0 Å². The molecule has 0 amide bonds. The number of aromatic nitrogens is 2. The van der Waals surface area contributed by atoms with Crippen molar-refractivity contribution in [3.05, 3.63) is 18.1 Å². The van der Waals surface area contributed by atoms with Crippen LogP contribution in [0.5, 0.6) is 0 Å². The zero-order chi connectivity index (χ0) is 12.8. The van der Waals surface area contributed by atoms with Gasteiger partial charge in [-0.3, -0.25) is 0 Å². The Labute approximate surface area is 113 Å². The van der Waals surface area contributed by atoms with E-state index in [-0.39, 0.29) is 0 Å². The summed E-state index contributed by atoms with van der Waals surface area (Å²) in [4.78, 5) is 8.80. The van der Waals surface area contributed by atoms with Crippen LogP contribution in [0.15, 0.2) is 12.4 Å². The van der Waals surface area contributed by atoms with E-state index in [0.29, 0.717) is 16.7 Å². The van der Waals surface area contributed by atoms with E-state index in [9.17, 15) is 0 Å². The van der Waals surface area contributed by atoms with Crippen molar-refractivity contribution >= 4 is 23.0 Å². The quantitative estimate of drug-likeness (QED) is 0.822. The van der Waals surface area contributed by atoms with Gasteiger partial charge in [-0.2, -0.15) is 0 Å². The van der Waals surface area contributed by atoms with Crippen molar-refractivity contribution in [2.75, 3.05) is 5.32 Å². The normalized spacial score (nSPS) is 17.8. The fourth-order valence-corrected chi connectivity index (χ4v) is 2.57. The van der Waals surface area contributed by atoms with E-state index in [2.05, 4.69) is 15.3 Å². The maximum Gasteiger partial charge on any atom is 0.155 e. The Kier molecular flexibility index (Phi) is 4.87. The van der Waals surface area contributed by atoms with Crippen LogP contribution in [0.25, 0.3) is 0 Å². The molecule has 1 fully saturated rings. The monoisotopic (exact) mass is 264 g/mol. The molecule has 0 bridgehead atoms. The molecule has 3 N–H and O–H groups in total. The lowest BCUT2D eigenvalue weighted by Gasteiger charge is -2.22. The molecule has 98 valence electrons. The molecule has 1 saturated carbocycles. The second kappa shape index (κ2) is 6.64. The topological polar surface area (TPSA) is 63.8 Å². The number of thiocarbonyl (C=S) groups is 1. The summed E-state index contributed by atoms with van der Waals surface area (Å²) in [7, 11) is 0. The van der Waals surface area contributed by atoms with E-state index >= 15 is 0 Å². The molecule has 0 saturated heterocycles. The predicted molar refractivity (Wildman–Crippen MR) is 77.6 cm³/mol. The number of anilines is 1. The first-order valence-corrected chi connectivity index (χ1v) is 7.05. The van der Waals surface area contributed by atoms with Gasteiger partial charge in [0.05, 0.1) is 0 Å². The van der Waals surface area contributed by atoms with Gasteiger partial charge in [-0.25, -0.2) is 9.97 Å². The number of nitrogens with zero attached hydrogens (tertiary/aromatic N) is 2. The third kappa shape index (κ3) is 3.63. The van der Waals surface area contributed by atoms with Crippen LogP contribution >= 0.6 is 12.2 Å². The van der Waals surface area contributed by atoms with Crippen molar-refractivity contribution in [3.63, 3.8) is 0 Å². The van der Waals surface area contributed by atoms with Gasteiger partial charge >= 0.3 is 0 Å². The minimum Gasteiger partial charge on any atom is -0.388 e. The molecule has 0 aliphatic heterocycles. The molecule has 4 nitrogen and oxygen atoms in total. The van der Waals surface area contributed by atoms with E-state index in [4.69, 9.17) is 18.0 Å². The molecule has 0 radical (unpaired) electrons. The molecule has 1 aromatic heterocycles. The highest BCUT2D eigenvalue weighted by molar-refractivity contribution is 7.80. The Morgan fingerprint density at radius 1 is 1.11 bits per heavy atom. The highest BCUT2D eigenvalue weighted by Crippen LogP contribution is 2.20. The van der Waals surface area contributed by atoms with Crippen LogP contribution in [-0.2, 0) is 0 Å². The molecule has 1 heterocycles. The first kappa shape index (κ1) is 13.2. The molecule has 2 rings (SSSR count). The highest BCUT2D eigenvalue weighted by atomic mass is 32.1. The second-order valence-corrected chi connectivity index (χ2v) is 5.24. The SMILES string of the molecule is NC(=S)c1nccnc1NC1CCCCCCC1. The van der Waals surface area contributed by atoms with Crippen molar-refractivity contribution in [1.29, 1.82) is 0 Å². The summed E-state index contributed by atoms with van der Waals surface area (Å²) in [5.74, 6) is 0.732. The summed E-state index contributed by atoms with van der Waals surface area (Å²) >= 11 is 5.00. The summed E-state index contributed by atoms with van der Waals surface area (Å²) < 4.78 is 0. The average Bonchev–Trinajstić information content (AvgIpc) is 2.33. The Morgan fingerprint density at radius 3 is 2.39 bits per heavy atom. The molecule has 0 aromatic carbocycles. The standard InChI is InChI=1S/C13H20N4S/c14-12(18)11-13(16-9-8-15-11)17-10-6-4-2-1-3-5-7-10/h8-10H,1-7H2,(H2,14,18)(H,16,17). The molecule has 0 spiro atoms. The fraction of sp³-hybridized carbons (Fsp3) is 0.615. The van der Waals surface area contributed by atoms with Crippen LogP contribution in [0, 0.1) is 0 Å². The molecule has 1 aliphatic rings. The number of hydrogen-bond acceptors (Lipinski definition) is 4. The summed E-state index contributed by atoms with van der Waals surface area (Å²) in [5.41, 5.74) is 6.27. The summed E-state index contributed by atoms with van der Waals surface area (Å²) in [5, 5.41) is 3.46. The number of hydrogen-bond donors (Lipinski definition) is 2. The van der Waals surface area contributed by atoms with Crippen LogP contribution in [0.3, 0.4) is 0 Å². The molecule has 0 atom stereocenters. The van der Waals surface area contributed by atoms with Gasteiger partial charge in [-0.15, -0.1) is 0 Å². The van der Waals surface area contributed by atoms with Gasteiger partial charge in [-0.1, -0.05) is 44.3 Å². The molecular weight excluding hydrogens is 244 g/mol. The summed E-state index contributed by atoms with van der Waals surface area (Å²) in [6.07, 6.45) is 12.3. The highest BCUT2D eigenvalue weighted by Gasteiger charge is 2.15. The molecule has 18 heavy (non-hydrogen) atoms. The van der Waals surface area contributed by atoms with Gasteiger partial charge in [0, 0.05) is 18.4 Å². The van der Waals surface area contributed by atoms with E-state index in [1.165, 1.54) is 44.9 Å². The Hall–Kier alpha value is -1.23. The van der Waals surface area contributed by atoms with Crippen molar-refractivity contribution in [2.45, 2.75) is 51.0 Å². The van der Waals surface area contributed by atoms with Crippen molar-refractivity contribution in [2.24, 2.45) is 5.73 Å². The van der Waals surface area contributed by atoms with E-state index in [1.54, 1.807) is 12.4 Å². The smallest absolute Gasteiger partial charge is 0.155 e. The molecule has 5 heteroatoms. The zero-order valence-corrected chi connectivity index (χ0v) is 11.4. The minimum atomic E-state index is 0.302. The first-order valence-electron chi connectivity index (χ1n) is 6.64. The third-order valence-corrected chi connectivity index (χ3v) is 3.57. The van der Waals surface area contributed by atoms with E-state index in [0.717, 1.165) is 5.82 Å². The maximum atomic E-state index is 5.66. The van der Waals surface area contributed by atoms with Gasteiger partial charge in [0.1, 0.15) is 10.7 Å². The largest absolute Gasteiger partial charge is 0.388 e. The molecular formula is C13H20N4S. The van der Waals surface area contributed by atoms with Crippen molar-refractivity contribution < 1.29 is 0 Å². The van der Waals surface area contributed by atoms with Crippen LogP contribution in [-0.4, -0.2) is 21.0 Å². The van der Waals surface area contributed by atoms with Crippen molar-refractivity contribution in [3.8, 4) is 0 Å². The van der Waals surface area contributed by atoms with Gasteiger partial charge in [0.25, 0.3) is 0 Å². The lowest BCUT2D eigenvalue weighted by atomic mass is 9.97. The lowest BCUT2D eigenvalue weighted by molar-refractivity contribution is 0.470. The van der Waals surface area contributed by atoms with Gasteiger partial charge in [-0.05, 0) is 12.8 Å². The summed E-state index contributed by atoms with van der Waals surface area (Å²) in [6.45, 7) is 0. The van der Waals surface area contributed by atoms with Crippen LogP contribution in [0.4, 0.5) is 5.82 Å². The summed E-state index contributed by atoms with van der Waals surface area (Å²) in [6, 6.07) is 0.468. The van der Waals surface area contributed by atoms with E-state index in [1.807, 2.05) is 0 Å². The van der Waals surface area contributed by atoms with Crippen LogP contribution < -0.4 is 11.1 Å². The zero-order valence-electron chi connectivity index (χ0n) is 10.6. The van der Waals surface area contributed by atoms with Gasteiger partial charge < -0.3 is 11.1 Å². The first-order chi connectivity index (χ1) is 8.77. The lowest BCUT2D eigenvalue weighted by Crippen LogP contribution is -2.24. The Balaban J connectivity index is 2.05. The average molecular weight is 264 g/mol. The number of rotatable bonds is 3. The predicted octanol–water partition coefficient (Wildman–Crippen LogP) is 2.64. The Morgan fingerprint density at radius 2 is 1.72 bits per heavy atom.